The Labute approximate surface area is 167 Å². The Bertz CT molecular complexity index is 765. The van der Waals surface area contributed by atoms with Gasteiger partial charge in [0, 0.05) is 24.1 Å². The van der Waals surface area contributed by atoms with Crippen LogP contribution in [0.15, 0.2) is 18.2 Å². The lowest BCUT2D eigenvalue weighted by atomic mass is 9.49. The molecule has 0 radical (unpaired) electrons. The molecule has 0 heterocycles. The Morgan fingerprint density at radius 1 is 1.19 bits per heavy atom. The molecule has 4 aliphatic carbocycles. The van der Waals surface area contributed by atoms with Crippen LogP contribution in [0.5, 0.6) is 0 Å². The van der Waals surface area contributed by atoms with Gasteiger partial charge in [-0.3, -0.25) is 9.59 Å². The molecule has 26 heavy (non-hydrogen) atoms. The third-order valence-corrected chi connectivity index (χ3v) is 7.59. The van der Waals surface area contributed by atoms with E-state index in [1.54, 1.807) is 32.3 Å². The van der Waals surface area contributed by atoms with Crippen molar-refractivity contribution in [2.24, 2.45) is 17.3 Å². The number of hydrogen-bond donors (Lipinski definition) is 1. The smallest absolute Gasteiger partial charge is 0.254 e. The average molecular weight is 440 g/mol. The number of hydrogen-bond acceptors (Lipinski definition) is 2. The highest BCUT2D eigenvalue weighted by atomic mass is 79.9. The van der Waals surface area contributed by atoms with E-state index >= 15 is 0 Å². The number of nitrogens with zero attached hydrogens (tertiary/aromatic N) is 1. The van der Waals surface area contributed by atoms with E-state index in [1.165, 1.54) is 24.2 Å². The topological polar surface area (TPSA) is 49.4 Å². The van der Waals surface area contributed by atoms with E-state index in [4.69, 9.17) is 11.6 Å². The van der Waals surface area contributed by atoms with Crippen molar-refractivity contribution in [2.75, 3.05) is 19.4 Å². The summed E-state index contributed by atoms with van der Waals surface area (Å²) in [5.74, 6) is 1.23. The van der Waals surface area contributed by atoms with Gasteiger partial charge < -0.3 is 10.2 Å². The molecule has 2 amide bonds. The summed E-state index contributed by atoms with van der Waals surface area (Å²) in [7, 11) is 3.38. The molecule has 140 valence electrons. The molecule has 4 aliphatic rings. The Morgan fingerprint density at radius 3 is 2.42 bits per heavy atom. The molecule has 5 rings (SSSR count). The van der Waals surface area contributed by atoms with Crippen LogP contribution in [0.25, 0.3) is 0 Å². The minimum absolute atomic E-state index is 0.0981. The molecular formula is C20H24BrClN2O2. The highest BCUT2D eigenvalue weighted by molar-refractivity contribution is 9.10. The van der Waals surface area contributed by atoms with Crippen molar-refractivity contribution >= 4 is 45.0 Å². The molecule has 1 N–H and O–H groups in total. The molecule has 0 spiro atoms. The maximum absolute atomic E-state index is 13.2. The van der Waals surface area contributed by atoms with Crippen molar-refractivity contribution in [2.45, 2.75) is 42.8 Å². The number of rotatable bonds is 3. The van der Waals surface area contributed by atoms with Gasteiger partial charge in [0.1, 0.15) is 0 Å². The van der Waals surface area contributed by atoms with Gasteiger partial charge in [-0.2, -0.15) is 0 Å². The van der Waals surface area contributed by atoms with Gasteiger partial charge in [0.25, 0.3) is 5.91 Å². The van der Waals surface area contributed by atoms with E-state index in [-0.39, 0.29) is 21.6 Å². The summed E-state index contributed by atoms with van der Waals surface area (Å²) in [5.41, 5.74) is 0.778. The van der Waals surface area contributed by atoms with Crippen molar-refractivity contribution in [3.63, 3.8) is 0 Å². The Morgan fingerprint density at radius 2 is 1.85 bits per heavy atom. The van der Waals surface area contributed by atoms with Gasteiger partial charge in [-0.05, 0) is 68.6 Å². The number of alkyl halides is 1. The van der Waals surface area contributed by atoms with E-state index < -0.39 is 0 Å². The predicted molar refractivity (Wildman–Crippen MR) is 107 cm³/mol. The summed E-state index contributed by atoms with van der Waals surface area (Å²) in [6, 6.07) is 5.14. The van der Waals surface area contributed by atoms with Gasteiger partial charge in [-0.1, -0.05) is 27.5 Å². The van der Waals surface area contributed by atoms with Crippen LogP contribution in [0.3, 0.4) is 0 Å². The Kier molecular flexibility index (Phi) is 4.39. The van der Waals surface area contributed by atoms with E-state index in [0.29, 0.717) is 28.1 Å². The molecule has 1 aromatic carbocycles. The molecule has 0 aliphatic heterocycles. The van der Waals surface area contributed by atoms with E-state index in [1.807, 2.05) is 0 Å². The number of nitrogens with one attached hydrogen (secondary N) is 1. The van der Waals surface area contributed by atoms with E-state index in [0.717, 1.165) is 19.3 Å². The second-order valence-electron chi connectivity index (χ2n) is 8.74. The standard InChI is InChI=1S/C20H24BrClN2O2/c1-24(2)17(25)15-6-14(3-4-16(15)22)23-18(26)19-7-12-5-13(8-19)10-20(21,9-12)11-19/h3-4,6,12-13H,5,7-11H2,1-2H3,(H,23,26). The first-order valence-corrected chi connectivity index (χ1v) is 10.4. The number of carbonyl (C=O) groups is 2. The summed E-state index contributed by atoms with van der Waals surface area (Å²) in [6.07, 6.45) is 6.54. The fraction of sp³-hybridized carbons (Fsp3) is 0.600. The van der Waals surface area contributed by atoms with E-state index in [2.05, 4.69) is 21.2 Å². The molecule has 6 heteroatoms. The van der Waals surface area contributed by atoms with Gasteiger partial charge in [-0.25, -0.2) is 0 Å². The van der Waals surface area contributed by atoms with Crippen molar-refractivity contribution in [1.29, 1.82) is 0 Å². The number of amides is 2. The minimum Gasteiger partial charge on any atom is -0.345 e. The zero-order valence-corrected chi connectivity index (χ0v) is 17.5. The molecule has 0 saturated heterocycles. The summed E-state index contributed by atoms with van der Waals surface area (Å²) >= 11 is 10.1. The SMILES string of the molecule is CN(C)C(=O)c1cc(NC(=O)C23CC4CC(CC(Br)(C4)C2)C3)ccc1Cl. The van der Waals surface area contributed by atoms with Gasteiger partial charge in [-0.15, -0.1) is 0 Å². The van der Waals surface area contributed by atoms with Crippen molar-refractivity contribution < 1.29 is 9.59 Å². The molecule has 0 aromatic heterocycles. The third kappa shape index (κ3) is 3.07. The zero-order valence-electron chi connectivity index (χ0n) is 15.1. The molecule has 4 bridgehead atoms. The van der Waals surface area contributed by atoms with Gasteiger partial charge >= 0.3 is 0 Å². The normalized spacial score (nSPS) is 34.6. The average Bonchev–Trinajstić information content (AvgIpc) is 2.53. The Hall–Kier alpha value is -1.07. The monoisotopic (exact) mass is 438 g/mol. The predicted octanol–water partition coefficient (Wildman–Crippen LogP) is 4.71. The molecule has 4 saturated carbocycles. The number of carbonyl (C=O) groups excluding carboxylic acids is 2. The summed E-state index contributed by atoms with van der Waals surface area (Å²) in [4.78, 5) is 27.0. The largest absolute Gasteiger partial charge is 0.345 e. The number of benzene rings is 1. The fourth-order valence-electron chi connectivity index (χ4n) is 5.69. The van der Waals surface area contributed by atoms with Crippen LogP contribution in [0.4, 0.5) is 5.69 Å². The quantitative estimate of drug-likeness (QED) is 0.693. The first-order chi connectivity index (χ1) is 12.2. The highest BCUT2D eigenvalue weighted by Gasteiger charge is 2.59. The van der Waals surface area contributed by atoms with Crippen LogP contribution in [0.1, 0.15) is 48.9 Å². The van der Waals surface area contributed by atoms with Crippen LogP contribution in [-0.4, -0.2) is 35.1 Å². The van der Waals surface area contributed by atoms with Crippen LogP contribution in [0, 0.1) is 17.3 Å². The maximum Gasteiger partial charge on any atom is 0.254 e. The lowest BCUT2D eigenvalue weighted by molar-refractivity contribution is -0.138. The molecular weight excluding hydrogens is 416 g/mol. The molecule has 4 nitrogen and oxygen atoms in total. The third-order valence-electron chi connectivity index (χ3n) is 6.33. The second kappa shape index (κ2) is 6.23. The second-order valence-corrected chi connectivity index (χ2v) is 10.8. The van der Waals surface area contributed by atoms with Gasteiger partial charge in [0.15, 0.2) is 0 Å². The Balaban J connectivity index is 1.57. The lowest BCUT2D eigenvalue weighted by Gasteiger charge is -2.59. The number of anilines is 1. The maximum atomic E-state index is 13.2. The van der Waals surface area contributed by atoms with Crippen molar-refractivity contribution in [3.8, 4) is 0 Å². The van der Waals surface area contributed by atoms with Crippen molar-refractivity contribution in [3.05, 3.63) is 28.8 Å². The first-order valence-electron chi connectivity index (χ1n) is 9.21. The van der Waals surface area contributed by atoms with Crippen LogP contribution < -0.4 is 5.32 Å². The minimum atomic E-state index is -0.279. The van der Waals surface area contributed by atoms with Crippen molar-refractivity contribution in [1.82, 2.24) is 4.90 Å². The summed E-state index contributed by atoms with van der Waals surface area (Å²) in [6.45, 7) is 0. The first kappa shape index (κ1) is 18.3. The molecule has 2 unspecified atom stereocenters. The van der Waals surface area contributed by atoms with Crippen LogP contribution in [0.2, 0.25) is 5.02 Å². The summed E-state index contributed by atoms with van der Waals surface area (Å²) < 4.78 is 0.139. The van der Waals surface area contributed by atoms with Gasteiger partial charge in [0.05, 0.1) is 16.0 Å². The fourth-order valence-corrected chi connectivity index (χ4v) is 7.34. The molecule has 4 fully saturated rings. The zero-order chi connectivity index (χ0) is 18.7. The summed E-state index contributed by atoms with van der Waals surface area (Å²) in [5, 5.41) is 3.49. The van der Waals surface area contributed by atoms with E-state index in [9.17, 15) is 9.59 Å². The lowest BCUT2D eigenvalue weighted by Crippen LogP contribution is -2.57. The van der Waals surface area contributed by atoms with Crippen LogP contribution in [-0.2, 0) is 4.79 Å². The molecule has 2 atom stereocenters. The highest BCUT2D eigenvalue weighted by Crippen LogP contribution is 2.64. The van der Waals surface area contributed by atoms with Crippen LogP contribution >= 0.6 is 27.5 Å². The molecule has 1 aromatic rings. The van der Waals surface area contributed by atoms with Gasteiger partial charge in [0.2, 0.25) is 5.91 Å². The number of halogens is 2.